The number of aromatic nitrogens is 2. The number of anilines is 2. The first kappa shape index (κ1) is 20.9. The fourth-order valence-corrected chi connectivity index (χ4v) is 3.54. The van der Waals surface area contributed by atoms with Crippen LogP contribution in [-0.4, -0.2) is 46.9 Å². The Balaban J connectivity index is 1.42. The Bertz CT molecular complexity index is 1160. The predicted octanol–water partition coefficient (Wildman–Crippen LogP) is 3.69. The van der Waals surface area contributed by atoms with Gasteiger partial charge in [0, 0.05) is 37.9 Å². The van der Waals surface area contributed by atoms with Gasteiger partial charge in [-0.05, 0) is 43.3 Å². The summed E-state index contributed by atoms with van der Waals surface area (Å²) < 4.78 is 14.7. The summed E-state index contributed by atoms with van der Waals surface area (Å²) in [7, 11) is 0. The third-order valence-electron chi connectivity index (χ3n) is 5.13. The summed E-state index contributed by atoms with van der Waals surface area (Å²) in [6.07, 6.45) is 0. The highest BCUT2D eigenvalue weighted by Gasteiger charge is 2.22. The molecule has 1 saturated heterocycles. The molecule has 0 spiro atoms. The van der Waals surface area contributed by atoms with Gasteiger partial charge >= 0.3 is 6.03 Å². The lowest BCUT2D eigenvalue weighted by atomic mass is 10.2. The fourth-order valence-electron chi connectivity index (χ4n) is 3.36. The molecule has 160 valence electrons. The number of nitrogens with one attached hydrogen (secondary N) is 1. The third kappa shape index (κ3) is 4.69. The van der Waals surface area contributed by atoms with Gasteiger partial charge < -0.3 is 15.1 Å². The maximum Gasteiger partial charge on any atom is 0.321 e. The maximum atomic E-state index is 13.3. The Kier molecular flexibility index (Phi) is 5.90. The minimum absolute atomic E-state index is 0.0441. The van der Waals surface area contributed by atoms with Crippen molar-refractivity contribution in [1.29, 1.82) is 0 Å². The van der Waals surface area contributed by atoms with Crippen molar-refractivity contribution < 1.29 is 9.18 Å². The highest BCUT2D eigenvalue weighted by Crippen LogP contribution is 2.20. The number of benzene rings is 2. The van der Waals surface area contributed by atoms with Gasteiger partial charge in [-0.1, -0.05) is 29.3 Å². The second kappa shape index (κ2) is 8.77. The van der Waals surface area contributed by atoms with E-state index in [1.165, 1.54) is 28.9 Å². The van der Waals surface area contributed by atoms with Gasteiger partial charge in [-0.3, -0.25) is 4.79 Å². The van der Waals surface area contributed by atoms with Gasteiger partial charge in [-0.15, -0.1) is 5.10 Å². The number of carbonyl (C=O) groups excluding carboxylic acids is 1. The van der Waals surface area contributed by atoms with E-state index in [0.717, 1.165) is 5.56 Å². The Hall–Kier alpha value is -3.39. The molecule has 7 nitrogen and oxygen atoms in total. The lowest BCUT2D eigenvalue weighted by molar-refractivity contribution is 0.208. The van der Waals surface area contributed by atoms with Crippen LogP contribution in [0.1, 0.15) is 5.56 Å². The summed E-state index contributed by atoms with van der Waals surface area (Å²) >= 11 is 5.77. The average molecular weight is 442 g/mol. The van der Waals surface area contributed by atoms with E-state index < -0.39 is 5.82 Å². The number of rotatable bonds is 3. The van der Waals surface area contributed by atoms with Crippen LogP contribution in [0.2, 0.25) is 5.02 Å². The monoisotopic (exact) mass is 441 g/mol. The highest BCUT2D eigenvalue weighted by atomic mass is 35.5. The first-order valence-corrected chi connectivity index (χ1v) is 10.2. The number of urea groups is 1. The molecule has 0 atom stereocenters. The molecular weight excluding hydrogens is 421 g/mol. The van der Waals surface area contributed by atoms with E-state index in [4.69, 9.17) is 11.6 Å². The fraction of sp³-hybridized carbons (Fsp3) is 0.227. The quantitative estimate of drug-likeness (QED) is 0.673. The van der Waals surface area contributed by atoms with Crippen LogP contribution >= 0.6 is 11.6 Å². The van der Waals surface area contributed by atoms with E-state index in [1.54, 1.807) is 11.0 Å². The summed E-state index contributed by atoms with van der Waals surface area (Å²) in [5.41, 5.74) is 2.04. The van der Waals surface area contributed by atoms with Crippen molar-refractivity contribution in [3.63, 3.8) is 0 Å². The van der Waals surface area contributed by atoms with Crippen molar-refractivity contribution in [1.82, 2.24) is 14.7 Å². The standard InChI is InChI=1S/C22H21ClFN5O2/c1-15-2-5-17(6-3-15)29-21(30)9-8-20(26-29)27-10-12-28(13-11-27)22(31)25-16-4-7-19(24)18(23)14-16/h2-9,14H,10-13H2,1H3,(H,25,31). The maximum absolute atomic E-state index is 13.3. The number of hydrogen-bond donors (Lipinski definition) is 1. The summed E-state index contributed by atoms with van der Waals surface area (Å²) in [5, 5.41) is 7.20. The van der Waals surface area contributed by atoms with E-state index in [2.05, 4.69) is 10.4 Å². The van der Waals surface area contributed by atoms with E-state index in [-0.39, 0.29) is 16.6 Å². The minimum atomic E-state index is -0.534. The zero-order valence-electron chi connectivity index (χ0n) is 16.9. The second-order valence-electron chi connectivity index (χ2n) is 7.31. The van der Waals surface area contributed by atoms with Gasteiger partial charge in [0.05, 0.1) is 10.7 Å². The molecule has 0 unspecified atom stereocenters. The largest absolute Gasteiger partial charge is 0.352 e. The molecular formula is C22H21ClFN5O2. The summed E-state index contributed by atoms with van der Waals surface area (Å²) in [6, 6.07) is 14.6. The van der Waals surface area contributed by atoms with E-state index in [1.807, 2.05) is 36.1 Å². The average Bonchev–Trinajstić information content (AvgIpc) is 2.77. The molecule has 1 aromatic heterocycles. The molecule has 1 N–H and O–H groups in total. The lowest BCUT2D eigenvalue weighted by Crippen LogP contribution is -2.50. The predicted molar refractivity (Wildman–Crippen MR) is 119 cm³/mol. The summed E-state index contributed by atoms with van der Waals surface area (Å²) in [6.45, 7) is 4.07. The number of nitrogens with zero attached hydrogens (tertiary/aromatic N) is 4. The Morgan fingerprint density at radius 1 is 1.03 bits per heavy atom. The number of hydrogen-bond acceptors (Lipinski definition) is 4. The van der Waals surface area contributed by atoms with Gasteiger partial charge in [-0.2, -0.15) is 4.68 Å². The first-order valence-electron chi connectivity index (χ1n) is 9.84. The molecule has 2 aromatic carbocycles. The molecule has 3 aromatic rings. The smallest absolute Gasteiger partial charge is 0.321 e. The number of carbonyl (C=O) groups is 1. The van der Waals surface area contributed by atoms with E-state index >= 15 is 0 Å². The zero-order chi connectivity index (χ0) is 22.0. The minimum Gasteiger partial charge on any atom is -0.352 e. The molecule has 4 rings (SSSR count). The second-order valence-corrected chi connectivity index (χ2v) is 7.72. The van der Waals surface area contributed by atoms with Crippen molar-refractivity contribution in [3.05, 3.63) is 81.4 Å². The summed E-state index contributed by atoms with van der Waals surface area (Å²) in [4.78, 5) is 28.5. The molecule has 1 fully saturated rings. The number of aryl methyl sites for hydroxylation is 1. The molecule has 0 radical (unpaired) electrons. The molecule has 0 saturated carbocycles. The van der Waals surface area contributed by atoms with Crippen molar-refractivity contribution in [2.24, 2.45) is 0 Å². The molecule has 1 aliphatic heterocycles. The SMILES string of the molecule is Cc1ccc(-n2nc(N3CCN(C(=O)Nc4ccc(F)c(Cl)c4)CC3)ccc2=O)cc1. The van der Waals surface area contributed by atoms with Gasteiger partial charge in [0.2, 0.25) is 0 Å². The van der Waals surface area contributed by atoms with Crippen molar-refractivity contribution >= 4 is 29.1 Å². The Morgan fingerprint density at radius 2 is 1.74 bits per heavy atom. The van der Waals surface area contributed by atoms with Crippen LogP contribution in [0, 0.1) is 12.7 Å². The van der Waals surface area contributed by atoms with Crippen LogP contribution in [0.15, 0.2) is 59.4 Å². The highest BCUT2D eigenvalue weighted by molar-refractivity contribution is 6.31. The van der Waals surface area contributed by atoms with Gasteiger partial charge in [-0.25, -0.2) is 9.18 Å². The molecule has 2 heterocycles. The third-order valence-corrected chi connectivity index (χ3v) is 5.42. The van der Waals surface area contributed by atoms with Crippen LogP contribution in [-0.2, 0) is 0 Å². The van der Waals surface area contributed by atoms with E-state index in [9.17, 15) is 14.0 Å². The van der Waals surface area contributed by atoms with Gasteiger partial charge in [0.1, 0.15) is 11.6 Å². The van der Waals surface area contributed by atoms with Crippen molar-refractivity contribution in [2.75, 3.05) is 36.4 Å². The zero-order valence-corrected chi connectivity index (χ0v) is 17.6. The van der Waals surface area contributed by atoms with Gasteiger partial charge in [0.15, 0.2) is 0 Å². The van der Waals surface area contributed by atoms with Crippen molar-refractivity contribution in [2.45, 2.75) is 6.92 Å². The molecule has 2 amide bonds. The van der Waals surface area contributed by atoms with Crippen LogP contribution in [0.4, 0.5) is 20.7 Å². The lowest BCUT2D eigenvalue weighted by Gasteiger charge is -2.35. The molecule has 0 aliphatic carbocycles. The van der Waals surface area contributed by atoms with Gasteiger partial charge in [0.25, 0.3) is 5.56 Å². The first-order chi connectivity index (χ1) is 14.9. The molecule has 0 bridgehead atoms. The van der Waals surface area contributed by atoms with Crippen LogP contribution in [0.5, 0.6) is 0 Å². The van der Waals surface area contributed by atoms with Crippen LogP contribution in [0.3, 0.4) is 0 Å². The van der Waals surface area contributed by atoms with Crippen LogP contribution < -0.4 is 15.8 Å². The Morgan fingerprint density at radius 3 is 2.42 bits per heavy atom. The molecule has 31 heavy (non-hydrogen) atoms. The number of amides is 2. The molecule has 1 aliphatic rings. The summed E-state index contributed by atoms with van der Waals surface area (Å²) in [5.74, 6) is 0.137. The normalized spacial score (nSPS) is 13.9. The molecule has 9 heteroatoms. The number of halogens is 2. The number of piperazine rings is 1. The van der Waals surface area contributed by atoms with Crippen LogP contribution in [0.25, 0.3) is 5.69 Å². The topological polar surface area (TPSA) is 70.5 Å². The van der Waals surface area contributed by atoms with Crippen molar-refractivity contribution in [3.8, 4) is 5.69 Å². The van der Waals surface area contributed by atoms with E-state index in [0.29, 0.717) is 43.4 Å². The Labute approximate surface area is 183 Å².